The van der Waals surface area contributed by atoms with Crippen LogP contribution >= 0.6 is 0 Å². The van der Waals surface area contributed by atoms with E-state index in [2.05, 4.69) is 30.9 Å². The van der Waals surface area contributed by atoms with Crippen LogP contribution in [0.25, 0.3) is 11.0 Å². The third-order valence-corrected chi connectivity index (χ3v) is 6.77. The number of carbonyl (C=O) groups is 4. The summed E-state index contributed by atoms with van der Waals surface area (Å²) >= 11 is 0. The number of aromatic amines is 1. The van der Waals surface area contributed by atoms with Crippen molar-refractivity contribution in [2.24, 2.45) is 0 Å². The maximum Gasteiger partial charge on any atom is 0.328 e. The predicted molar refractivity (Wildman–Crippen MR) is 162 cm³/mol. The van der Waals surface area contributed by atoms with E-state index in [1.807, 2.05) is 18.3 Å². The fraction of sp³-hybridized carbons (Fsp3) is 0.267. The number of nitrogen functional groups attached to an aromatic ring is 2. The van der Waals surface area contributed by atoms with E-state index in [9.17, 15) is 19.2 Å². The molecular formula is C30H34N8O5. The van der Waals surface area contributed by atoms with Crippen LogP contribution in [-0.4, -0.2) is 58.3 Å². The Kier molecular flexibility index (Phi) is 9.89. The minimum atomic E-state index is -0.880. The first kappa shape index (κ1) is 30.5. The minimum absolute atomic E-state index is 0.108. The number of hydrogen-bond acceptors (Lipinski definition) is 9. The molecule has 224 valence electrons. The van der Waals surface area contributed by atoms with Gasteiger partial charge in [-0.05, 0) is 73.2 Å². The molecule has 43 heavy (non-hydrogen) atoms. The lowest BCUT2D eigenvalue weighted by atomic mass is 10.0. The van der Waals surface area contributed by atoms with Crippen LogP contribution in [0.4, 0.5) is 17.5 Å². The molecule has 0 radical (unpaired) electrons. The van der Waals surface area contributed by atoms with E-state index in [0.717, 1.165) is 16.5 Å². The van der Waals surface area contributed by atoms with Crippen LogP contribution in [-0.2, 0) is 27.2 Å². The molecule has 2 aromatic carbocycles. The van der Waals surface area contributed by atoms with E-state index in [4.69, 9.17) is 16.2 Å². The van der Waals surface area contributed by atoms with Crippen LogP contribution in [0, 0.1) is 0 Å². The number of methoxy groups -OCH3 is 1. The maximum absolute atomic E-state index is 12.9. The van der Waals surface area contributed by atoms with Crippen molar-refractivity contribution in [3.05, 3.63) is 77.0 Å². The van der Waals surface area contributed by atoms with E-state index >= 15 is 0 Å². The number of esters is 1. The van der Waals surface area contributed by atoms with Crippen molar-refractivity contribution in [1.82, 2.24) is 25.6 Å². The highest BCUT2D eigenvalue weighted by Crippen LogP contribution is 2.24. The normalized spacial score (nSPS) is 11.5. The van der Waals surface area contributed by atoms with E-state index in [0.29, 0.717) is 47.5 Å². The number of carbonyl (C=O) groups excluding carboxylic acids is 4. The lowest BCUT2D eigenvalue weighted by Gasteiger charge is -2.17. The standard InChI is InChI=1S/C30H34N8O5/c1-17(39)35-22-13-11-19(12-14-22)27(40)33-15-3-4-23(29(42)43-2)36-28(41)20-8-5-18(6-9-20)7-10-21-16-34-26-24(21)25(31)37-30(32)38-26/h5-6,8-9,11-14,16,23H,3-4,7,10,15H2,1-2H3,(H,33,40)(H,35,39)(H,36,41)(H5,31,32,34,37,38)/t23-/m0/s1. The van der Waals surface area contributed by atoms with Crippen molar-refractivity contribution in [2.45, 2.75) is 38.6 Å². The number of anilines is 3. The lowest BCUT2D eigenvalue weighted by Crippen LogP contribution is -2.42. The molecule has 0 fully saturated rings. The van der Waals surface area contributed by atoms with E-state index in [-0.39, 0.29) is 30.7 Å². The molecular weight excluding hydrogens is 552 g/mol. The SMILES string of the molecule is COC(=O)[C@H](CCCNC(=O)c1ccc(NC(C)=O)cc1)NC(=O)c1ccc(CCc2c[nH]c3nc(N)nc(N)c23)cc1. The summed E-state index contributed by atoms with van der Waals surface area (Å²) in [5.41, 5.74) is 15.7. The van der Waals surface area contributed by atoms with Gasteiger partial charge in [-0.1, -0.05) is 12.1 Å². The Hall–Kier alpha value is -5.46. The molecule has 0 aliphatic carbocycles. The van der Waals surface area contributed by atoms with Crippen molar-refractivity contribution in [3.63, 3.8) is 0 Å². The van der Waals surface area contributed by atoms with Gasteiger partial charge in [-0.2, -0.15) is 9.97 Å². The van der Waals surface area contributed by atoms with Crippen molar-refractivity contribution in [3.8, 4) is 0 Å². The fourth-order valence-corrected chi connectivity index (χ4v) is 4.59. The van der Waals surface area contributed by atoms with Gasteiger partial charge in [-0.3, -0.25) is 14.4 Å². The molecule has 4 aromatic rings. The summed E-state index contributed by atoms with van der Waals surface area (Å²) in [6.45, 7) is 1.69. The number of aromatic nitrogens is 3. The highest BCUT2D eigenvalue weighted by molar-refractivity contribution is 5.97. The molecule has 0 aliphatic rings. The zero-order valence-corrected chi connectivity index (χ0v) is 23.9. The molecule has 3 amide bonds. The smallest absolute Gasteiger partial charge is 0.328 e. The number of nitrogens with zero attached hydrogens (tertiary/aromatic N) is 2. The molecule has 2 aromatic heterocycles. The number of ether oxygens (including phenoxy) is 1. The Morgan fingerprint density at radius 3 is 2.28 bits per heavy atom. The second kappa shape index (κ2) is 13.9. The molecule has 13 heteroatoms. The summed E-state index contributed by atoms with van der Waals surface area (Å²) in [4.78, 5) is 60.1. The molecule has 0 saturated carbocycles. The first-order valence-electron chi connectivity index (χ1n) is 13.7. The maximum atomic E-state index is 12.9. The Bertz CT molecular complexity index is 1620. The number of rotatable bonds is 12. The summed E-state index contributed by atoms with van der Waals surface area (Å²) in [6.07, 6.45) is 3.88. The minimum Gasteiger partial charge on any atom is -0.467 e. The fourth-order valence-electron chi connectivity index (χ4n) is 4.59. The predicted octanol–water partition coefficient (Wildman–Crippen LogP) is 2.35. The average Bonchev–Trinajstić information content (AvgIpc) is 3.40. The van der Waals surface area contributed by atoms with Crippen molar-refractivity contribution in [1.29, 1.82) is 0 Å². The van der Waals surface area contributed by atoms with Crippen LogP contribution in [0.5, 0.6) is 0 Å². The molecule has 0 saturated heterocycles. The third kappa shape index (κ3) is 8.06. The van der Waals surface area contributed by atoms with E-state index in [1.165, 1.54) is 14.0 Å². The topological polar surface area (TPSA) is 207 Å². The first-order chi connectivity index (χ1) is 20.6. The highest BCUT2D eigenvalue weighted by atomic mass is 16.5. The van der Waals surface area contributed by atoms with Gasteiger partial charge in [0.05, 0.1) is 12.5 Å². The molecule has 1 atom stereocenters. The van der Waals surface area contributed by atoms with Crippen LogP contribution in [0.3, 0.4) is 0 Å². The summed E-state index contributed by atoms with van der Waals surface area (Å²) in [6, 6.07) is 12.7. The van der Waals surface area contributed by atoms with Gasteiger partial charge in [0.15, 0.2) is 0 Å². The van der Waals surface area contributed by atoms with Crippen LogP contribution in [0.15, 0.2) is 54.7 Å². The van der Waals surface area contributed by atoms with Crippen LogP contribution < -0.4 is 27.4 Å². The van der Waals surface area contributed by atoms with E-state index < -0.39 is 17.9 Å². The monoisotopic (exact) mass is 586 g/mol. The van der Waals surface area contributed by atoms with Gasteiger partial charge in [0.2, 0.25) is 11.9 Å². The zero-order valence-electron chi connectivity index (χ0n) is 23.9. The lowest BCUT2D eigenvalue weighted by molar-refractivity contribution is -0.143. The van der Waals surface area contributed by atoms with Gasteiger partial charge in [-0.25, -0.2) is 4.79 Å². The highest BCUT2D eigenvalue weighted by Gasteiger charge is 2.22. The number of H-pyrrole nitrogens is 1. The number of amides is 3. The zero-order chi connectivity index (χ0) is 30.9. The second-order valence-corrected chi connectivity index (χ2v) is 9.91. The number of fused-ring (bicyclic) bond motifs is 1. The Labute approximate surface area is 247 Å². The number of nitrogens with two attached hydrogens (primary N) is 2. The third-order valence-electron chi connectivity index (χ3n) is 6.77. The van der Waals surface area contributed by atoms with Crippen LogP contribution in [0.1, 0.15) is 51.6 Å². The first-order valence-corrected chi connectivity index (χ1v) is 13.7. The second-order valence-electron chi connectivity index (χ2n) is 9.91. The summed E-state index contributed by atoms with van der Waals surface area (Å²) in [5.74, 6) is -1.05. The quantitative estimate of drug-likeness (QED) is 0.106. The molecule has 0 bridgehead atoms. The summed E-state index contributed by atoms with van der Waals surface area (Å²) in [5, 5.41) is 8.90. The number of nitrogens with one attached hydrogen (secondary N) is 4. The van der Waals surface area contributed by atoms with Gasteiger partial charge < -0.3 is 37.1 Å². The molecule has 13 nitrogen and oxygen atoms in total. The Morgan fingerprint density at radius 2 is 1.60 bits per heavy atom. The van der Waals surface area contributed by atoms with E-state index in [1.54, 1.807) is 36.4 Å². The van der Waals surface area contributed by atoms with Crippen molar-refractivity contribution in [2.75, 3.05) is 30.4 Å². The molecule has 0 unspecified atom stereocenters. The Morgan fingerprint density at radius 1 is 0.930 bits per heavy atom. The molecule has 2 heterocycles. The van der Waals surface area contributed by atoms with Gasteiger partial charge >= 0.3 is 5.97 Å². The largest absolute Gasteiger partial charge is 0.467 e. The van der Waals surface area contributed by atoms with Gasteiger partial charge in [0, 0.05) is 36.5 Å². The van der Waals surface area contributed by atoms with Gasteiger partial charge in [0.1, 0.15) is 17.5 Å². The Balaban J connectivity index is 1.27. The number of aryl methyl sites for hydroxylation is 2. The molecule has 4 rings (SSSR count). The number of hydrogen-bond donors (Lipinski definition) is 6. The van der Waals surface area contributed by atoms with Crippen molar-refractivity contribution < 1.29 is 23.9 Å². The summed E-state index contributed by atoms with van der Waals surface area (Å²) in [7, 11) is 1.26. The molecule has 0 spiro atoms. The summed E-state index contributed by atoms with van der Waals surface area (Å²) < 4.78 is 4.87. The average molecular weight is 587 g/mol. The van der Waals surface area contributed by atoms with Gasteiger partial charge in [0.25, 0.3) is 11.8 Å². The van der Waals surface area contributed by atoms with Crippen LogP contribution in [0.2, 0.25) is 0 Å². The van der Waals surface area contributed by atoms with Crippen molar-refractivity contribution >= 4 is 52.2 Å². The van der Waals surface area contributed by atoms with Gasteiger partial charge in [-0.15, -0.1) is 0 Å². The molecule has 8 N–H and O–H groups in total. The number of benzene rings is 2. The molecule has 0 aliphatic heterocycles.